The number of benzene rings is 1. The van der Waals surface area contributed by atoms with E-state index in [0.29, 0.717) is 10.2 Å². The summed E-state index contributed by atoms with van der Waals surface area (Å²) in [5, 5.41) is 0. The fourth-order valence-electron chi connectivity index (χ4n) is 2.93. The average Bonchev–Trinajstić information content (AvgIpc) is 2.60. The fourth-order valence-corrected chi connectivity index (χ4v) is 3.29. The monoisotopic (exact) mass is 328 g/mol. The molecule has 0 bridgehead atoms. The van der Waals surface area contributed by atoms with E-state index < -0.39 is 0 Å². The molecule has 19 heavy (non-hydrogen) atoms. The van der Waals surface area contributed by atoms with Gasteiger partial charge in [0.25, 0.3) is 0 Å². The molecule has 2 nitrogen and oxygen atoms in total. The summed E-state index contributed by atoms with van der Waals surface area (Å²) in [7, 11) is 0. The van der Waals surface area contributed by atoms with Gasteiger partial charge in [0.2, 0.25) is 0 Å². The number of anilines is 2. The largest absolute Gasteiger partial charge is 0.397 e. The second-order valence-electron chi connectivity index (χ2n) is 5.40. The molecule has 1 unspecified atom stereocenters. The third-order valence-electron chi connectivity index (χ3n) is 3.95. The number of hydrogen-bond donors (Lipinski definition) is 1. The summed E-state index contributed by atoms with van der Waals surface area (Å²) < 4.78 is 14.1. The molecule has 1 fully saturated rings. The first-order chi connectivity index (χ1) is 9.11. The van der Waals surface area contributed by atoms with E-state index in [4.69, 9.17) is 5.73 Å². The summed E-state index contributed by atoms with van der Waals surface area (Å²) in [6.45, 7) is 4.20. The zero-order valence-electron chi connectivity index (χ0n) is 11.5. The third-order valence-corrected chi connectivity index (χ3v) is 4.56. The first kappa shape index (κ1) is 14.6. The molecule has 0 radical (unpaired) electrons. The summed E-state index contributed by atoms with van der Waals surface area (Å²) >= 11 is 3.18. The lowest BCUT2D eigenvalue weighted by molar-refractivity contribution is 0.435. The van der Waals surface area contributed by atoms with Gasteiger partial charge in [-0.3, -0.25) is 0 Å². The Morgan fingerprint density at radius 1 is 1.37 bits per heavy atom. The quantitative estimate of drug-likeness (QED) is 0.823. The van der Waals surface area contributed by atoms with Crippen LogP contribution in [0.3, 0.4) is 0 Å². The summed E-state index contributed by atoms with van der Waals surface area (Å²) in [5.41, 5.74) is 7.53. The summed E-state index contributed by atoms with van der Waals surface area (Å²) in [5.74, 6) is 0.579. The molecular formula is C15H22BrFN2. The molecule has 1 aromatic rings. The Kier molecular flexibility index (Phi) is 5.08. The summed E-state index contributed by atoms with van der Waals surface area (Å²) in [6, 6.07) is 3.22. The predicted molar refractivity (Wildman–Crippen MR) is 83.0 cm³/mol. The van der Waals surface area contributed by atoms with Crippen LogP contribution < -0.4 is 10.6 Å². The fraction of sp³-hybridized carbons (Fsp3) is 0.600. The lowest BCUT2D eigenvalue weighted by atomic mass is 9.96. The van der Waals surface area contributed by atoms with Crippen LogP contribution in [0, 0.1) is 11.7 Å². The van der Waals surface area contributed by atoms with Crippen LogP contribution >= 0.6 is 15.9 Å². The van der Waals surface area contributed by atoms with Crippen LogP contribution in [0.15, 0.2) is 16.6 Å². The van der Waals surface area contributed by atoms with Crippen molar-refractivity contribution in [1.29, 1.82) is 0 Å². The normalized spacial score (nSPS) is 20.4. The van der Waals surface area contributed by atoms with Crippen molar-refractivity contribution in [3.8, 4) is 0 Å². The van der Waals surface area contributed by atoms with Gasteiger partial charge in [0.05, 0.1) is 15.8 Å². The van der Waals surface area contributed by atoms with Gasteiger partial charge in [-0.05, 0) is 47.2 Å². The van der Waals surface area contributed by atoms with Gasteiger partial charge >= 0.3 is 0 Å². The van der Waals surface area contributed by atoms with Gasteiger partial charge in [0.15, 0.2) is 0 Å². The number of halogens is 2. The van der Waals surface area contributed by atoms with E-state index in [9.17, 15) is 4.39 Å². The molecule has 0 amide bonds. The van der Waals surface area contributed by atoms with Crippen molar-refractivity contribution in [3.63, 3.8) is 0 Å². The van der Waals surface area contributed by atoms with E-state index >= 15 is 0 Å². The predicted octanol–water partition coefficient (Wildman–Crippen LogP) is 4.58. The maximum absolute atomic E-state index is 13.7. The van der Waals surface area contributed by atoms with Gasteiger partial charge in [-0.1, -0.05) is 19.8 Å². The molecule has 106 valence electrons. The lowest BCUT2D eigenvalue weighted by Crippen LogP contribution is -2.25. The second kappa shape index (κ2) is 6.60. The zero-order chi connectivity index (χ0) is 13.8. The minimum absolute atomic E-state index is 0.237. The topological polar surface area (TPSA) is 29.3 Å². The minimum Gasteiger partial charge on any atom is -0.397 e. The van der Waals surface area contributed by atoms with Crippen LogP contribution in [0.5, 0.6) is 0 Å². The molecule has 1 aliphatic rings. The van der Waals surface area contributed by atoms with Crippen molar-refractivity contribution in [3.05, 3.63) is 22.4 Å². The van der Waals surface area contributed by atoms with Crippen molar-refractivity contribution in [2.24, 2.45) is 5.92 Å². The Morgan fingerprint density at radius 3 is 2.89 bits per heavy atom. The van der Waals surface area contributed by atoms with Gasteiger partial charge in [0, 0.05) is 19.2 Å². The number of nitrogens with zero attached hydrogens (tertiary/aromatic N) is 1. The Balaban J connectivity index is 2.12. The Hall–Kier alpha value is -0.770. The molecule has 1 aromatic carbocycles. The first-order valence-electron chi connectivity index (χ1n) is 7.11. The molecule has 0 aliphatic carbocycles. The van der Waals surface area contributed by atoms with Crippen molar-refractivity contribution in [2.45, 2.75) is 39.0 Å². The highest BCUT2D eigenvalue weighted by atomic mass is 79.9. The molecular weight excluding hydrogens is 307 g/mol. The molecule has 1 saturated heterocycles. The standard InChI is InChI=1S/C15H22BrFN2/c1-2-4-11-5-3-7-19(8-6-11)15-10-13(17)12(16)9-14(15)18/h9-11H,2-8,18H2,1H3. The molecule has 1 aliphatic heterocycles. The highest BCUT2D eigenvalue weighted by Gasteiger charge is 2.19. The van der Waals surface area contributed by atoms with Gasteiger partial charge in [0.1, 0.15) is 5.82 Å². The highest BCUT2D eigenvalue weighted by Crippen LogP contribution is 2.32. The maximum atomic E-state index is 13.7. The van der Waals surface area contributed by atoms with Crippen LogP contribution in [-0.4, -0.2) is 13.1 Å². The molecule has 2 rings (SSSR count). The Morgan fingerprint density at radius 2 is 2.16 bits per heavy atom. The van der Waals surface area contributed by atoms with E-state index in [1.54, 1.807) is 12.1 Å². The van der Waals surface area contributed by atoms with E-state index in [0.717, 1.165) is 24.7 Å². The Bertz CT molecular complexity index is 436. The SMILES string of the molecule is CCCC1CCCN(c2cc(F)c(Br)cc2N)CC1. The number of rotatable bonds is 3. The molecule has 4 heteroatoms. The van der Waals surface area contributed by atoms with Gasteiger partial charge in [-0.15, -0.1) is 0 Å². The Labute approximate surface area is 123 Å². The highest BCUT2D eigenvalue weighted by molar-refractivity contribution is 9.10. The maximum Gasteiger partial charge on any atom is 0.139 e. The third kappa shape index (κ3) is 3.62. The number of nitrogens with two attached hydrogens (primary N) is 1. The van der Waals surface area contributed by atoms with Crippen LogP contribution in [0.4, 0.5) is 15.8 Å². The van der Waals surface area contributed by atoms with Crippen LogP contribution in [0.1, 0.15) is 39.0 Å². The molecule has 0 spiro atoms. The summed E-state index contributed by atoms with van der Waals surface area (Å²) in [4.78, 5) is 2.24. The second-order valence-corrected chi connectivity index (χ2v) is 6.25. The van der Waals surface area contributed by atoms with Crippen LogP contribution in [0.2, 0.25) is 0 Å². The smallest absolute Gasteiger partial charge is 0.139 e. The lowest BCUT2D eigenvalue weighted by Gasteiger charge is -2.24. The zero-order valence-corrected chi connectivity index (χ0v) is 13.0. The van der Waals surface area contributed by atoms with Crippen molar-refractivity contribution >= 4 is 27.3 Å². The van der Waals surface area contributed by atoms with Crippen molar-refractivity contribution in [2.75, 3.05) is 23.7 Å². The average molecular weight is 329 g/mol. The van der Waals surface area contributed by atoms with E-state index in [1.165, 1.54) is 32.1 Å². The minimum atomic E-state index is -0.237. The first-order valence-corrected chi connectivity index (χ1v) is 7.90. The van der Waals surface area contributed by atoms with Gasteiger partial charge in [-0.25, -0.2) is 4.39 Å². The molecule has 0 saturated carbocycles. The van der Waals surface area contributed by atoms with Crippen LogP contribution in [-0.2, 0) is 0 Å². The van der Waals surface area contributed by atoms with Gasteiger partial charge in [-0.2, -0.15) is 0 Å². The molecule has 1 atom stereocenters. The summed E-state index contributed by atoms with van der Waals surface area (Å²) in [6.07, 6.45) is 6.19. The van der Waals surface area contributed by atoms with E-state index in [2.05, 4.69) is 27.8 Å². The van der Waals surface area contributed by atoms with E-state index in [-0.39, 0.29) is 5.82 Å². The number of hydrogen-bond acceptors (Lipinski definition) is 2. The molecule has 2 N–H and O–H groups in total. The molecule has 1 heterocycles. The van der Waals surface area contributed by atoms with Crippen LogP contribution in [0.25, 0.3) is 0 Å². The molecule has 0 aromatic heterocycles. The van der Waals surface area contributed by atoms with E-state index in [1.807, 2.05) is 0 Å². The van der Waals surface area contributed by atoms with Crippen molar-refractivity contribution < 1.29 is 4.39 Å². The van der Waals surface area contributed by atoms with Gasteiger partial charge < -0.3 is 10.6 Å². The number of nitrogen functional groups attached to an aromatic ring is 1. The van der Waals surface area contributed by atoms with Crippen molar-refractivity contribution in [1.82, 2.24) is 0 Å².